The summed E-state index contributed by atoms with van der Waals surface area (Å²) in [6.45, 7) is 3.77. The van der Waals surface area contributed by atoms with Crippen LogP contribution >= 0.6 is 11.6 Å². The second-order valence-electron chi connectivity index (χ2n) is 8.10. The number of fused-ring (bicyclic) bond motifs is 2. The maximum absolute atomic E-state index is 6.21. The summed E-state index contributed by atoms with van der Waals surface area (Å²) in [6, 6.07) is 3.85. The van der Waals surface area contributed by atoms with Crippen molar-refractivity contribution < 1.29 is 0 Å². The fourth-order valence-electron chi connectivity index (χ4n) is 4.53. The van der Waals surface area contributed by atoms with Crippen LogP contribution in [0.25, 0.3) is 33.3 Å². The smallest absolute Gasteiger partial charge is 0.163 e. The summed E-state index contributed by atoms with van der Waals surface area (Å²) in [5.74, 6) is 2.27. The molecule has 4 aromatic rings. The lowest BCUT2D eigenvalue weighted by Crippen LogP contribution is -2.44. The number of H-pyrrole nitrogens is 1. The zero-order valence-corrected chi connectivity index (χ0v) is 17.3. The highest BCUT2D eigenvalue weighted by Crippen LogP contribution is 2.42. The third-order valence-electron chi connectivity index (χ3n) is 6.32. The Balaban J connectivity index is 1.60. The second-order valence-corrected chi connectivity index (χ2v) is 8.50. The first kappa shape index (κ1) is 18.0. The Hall–Kier alpha value is -2.77. The van der Waals surface area contributed by atoms with E-state index in [9.17, 15) is 0 Å². The number of halogens is 1. The van der Waals surface area contributed by atoms with Crippen LogP contribution in [0, 0.1) is 0 Å². The molecule has 8 heteroatoms. The number of piperazine rings is 1. The lowest BCUT2D eigenvalue weighted by molar-refractivity contribution is 0.421. The maximum atomic E-state index is 6.21. The van der Waals surface area contributed by atoms with Gasteiger partial charge < -0.3 is 15.2 Å². The summed E-state index contributed by atoms with van der Waals surface area (Å²) in [6.07, 6.45) is 9.39. The van der Waals surface area contributed by atoms with E-state index in [1.54, 1.807) is 6.20 Å². The summed E-state index contributed by atoms with van der Waals surface area (Å²) in [5, 5.41) is 6.09. The third kappa shape index (κ3) is 2.92. The summed E-state index contributed by atoms with van der Waals surface area (Å²) in [4.78, 5) is 24.5. The van der Waals surface area contributed by atoms with Gasteiger partial charge in [0.25, 0.3) is 0 Å². The van der Waals surface area contributed by atoms with E-state index in [1.807, 2.05) is 24.5 Å². The van der Waals surface area contributed by atoms with Crippen molar-refractivity contribution in [3.8, 4) is 11.4 Å². The molecule has 0 atom stereocenters. The highest BCUT2D eigenvalue weighted by atomic mass is 35.5. The van der Waals surface area contributed by atoms with Crippen LogP contribution < -0.4 is 10.2 Å². The van der Waals surface area contributed by atoms with E-state index in [2.05, 4.69) is 25.2 Å². The van der Waals surface area contributed by atoms with Gasteiger partial charge in [0.1, 0.15) is 16.6 Å². The molecule has 30 heavy (non-hydrogen) atoms. The molecule has 1 aliphatic heterocycles. The lowest BCUT2D eigenvalue weighted by Gasteiger charge is -2.32. The van der Waals surface area contributed by atoms with Crippen LogP contribution in [0.3, 0.4) is 0 Å². The second kappa shape index (κ2) is 7.18. The maximum Gasteiger partial charge on any atom is 0.163 e. The van der Waals surface area contributed by atoms with E-state index in [-0.39, 0.29) is 0 Å². The molecular formula is C22H22ClN7. The van der Waals surface area contributed by atoms with Crippen molar-refractivity contribution in [2.24, 2.45) is 0 Å². The first-order valence-corrected chi connectivity index (χ1v) is 10.9. The number of hydrogen-bond acceptors (Lipinski definition) is 6. The Morgan fingerprint density at radius 3 is 2.77 bits per heavy atom. The van der Waals surface area contributed by atoms with Crippen LogP contribution in [0.4, 0.5) is 5.82 Å². The molecule has 2 N–H and O–H groups in total. The van der Waals surface area contributed by atoms with E-state index in [1.165, 1.54) is 24.8 Å². The highest BCUT2D eigenvalue weighted by Gasteiger charge is 2.27. The molecule has 2 aliphatic rings. The van der Waals surface area contributed by atoms with Gasteiger partial charge in [-0.25, -0.2) is 15.0 Å². The standard InChI is InChI=1S/C22H22ClN7/c23-18-10-15-14(4-5-26-20(15)28-18)21-27-17-12-25-11-16(13-2-1-3-13)19(17)22(29-21)30-8-6-24-7-9-30/h4-5,10-13,24H,1-3,6-9H2,(H,26,28). The van der Waals surface area contributed by atoms with Crippen LogP contribution in [0.2, 0.25) is 5.15 Å². The molecule has 1 saturated heterocycles. The van der Waals surface area contributed by atoms with Gasteiger partial charge in [0, 0.05) is 54.9 Å². The Kier molecular flexibility index (Phi) is 4.32. The monoisotopic (exact) mass is 419 g/mol. The van der Waals surface area contributed by atoms with Gasteiger partial charge in [0.2, 0.25) is 0 Å². The van der Waals surface area contributed by atoms with Crippen molar-refractivity contribution in [2.75, 3.05) is 31.1 Å². The molecule has 2 fully saturated rings. The number of hydrogen-bond donors (Lipinski definition) is 2. The normalized spacial score (nSPS) is 17.6. The highest BCUT2D eigenvalue weighted by molar-refractivity contribution is 6.30. The molecule has 0 spiro atoms. The van der Waals surface area contributed by atoms with Crippen LogP contribution in [-0.4, -0.2) is 51.1 Å². The molecule has 7 nitrogen and oxygen atoms in total. The Morgan fingerprint density at radius 1 is 1.10 bits per heavy atom. The van der Waals surface area contributed by atoms with E-state index in [4.69, 9.17) is 21.6 Å². The predicted octanol–water partition coefficient (Wildman–Crippen LogP) is 3.90. The van der Waals surface area contributed by atoms with Gasteiger partial charge in [-0.1, -0.05) is 18.0 Å². The van der Waals surface area contributed by atoms with Crippen LogP contribution in [0.1, 0.15) is 30.7 Å². The largest absolute Gasteiger partial charge is 0.353 e. The minimum Gasteiger partial charge on any atom is -0.353 e. The Labute approximate surface area is 178 Å². The van der Waals surface area contributed by atoms with Crippen molar-refractivity contribution in [1.82, 2.24) is 30.2 Å². The van der Waals surface area contributed by atoms with Crippen molar-refractivity contribution in [1.29, 1.82) is 0 Å². The summed E-state index contributed by atoms with van der Waals surface area (Å²) < 4.78 is 0. The average molecular weight is 420 g/mol. The lowest BCUT2D eigenvalue weighted by atomic mass is 9.79. The van der Waals surface area contributed by atoms with E-state index in [0.29, 0.717) is 16.9 Å². The molecule has 0 bridgehead atoms. The van der Waals surface area contributed by atoms with Gasteiger partial charge in [-0.3, -0.25) is 4.98 Å². The molecular weight excluding hydrogens is 398 g/mol. The molecule has 0 radical (unpaired) electrons. The van der Waals surface area contributed by atoms with Crippen LogP contribution in [0.5, 0.6) is 0 Å². The molecule has 0 aromatic carbocycles. The number of nitrogens with zero attached hydrogens (tertiary/aromatic N) is 5. The first-order chi connectivity index (χ1) is 14.8. The number of pyridine rings is 2. The van der Waals surface area contributed by atoms with Gasteiger partial charge in [-0.2, -0.15) is 0 Å². The third-order valence-corrected chi connectivity index (χ3v) is 6.52. The van der Waals surface area contributed by atoms with E-state index in [0.717, 1.165) is 59.5 Å². The van der Waals surface area contributed by atoms with Crippen molar-refractivity contribution in [3.63, 3.8) is 0 Å². The molecule has 0 unspecified atom stereocenters. The first-order valence-electron chi connectivity index (χ1n) is 10.5. The summed E-state index contributed by atoms with van der Waals surface area (Å²) in [7, 11) is 0. The molecule has 1 aliphatic carbocycles. The fraction of sp³-hybridized carbons (Fsp3) is 0.364. The average Bonchev–Trinajstić information content (AvgIpc) is 3.12. The van der Waals surface area contributed by atoms with E-state index < -0.39 is 0 Å². The minimum absolute atomic E-state index is 0.557. The fourth-order valence-corrected chi connectivity index (χ4v) is 4.73. The number of anilines is 1. The SMILES string of the molecule is Clc1cc2c(-c3nc(N4CCNCC4)c4c(C5CCC5)cncc4n3)ccnc2[nH]1. The van der Waals surface area contributed by atoms with Gasteiger partial charge in [-0.05, 0) is 36.5 Å². The van der Waals surface area contributed by atoms with Crippen LogP contribution in [-0.2, 0) is 0 Å². The Bertz CT molecular complexity index is 1240. The van der Waals surface area contributed by atoms with Gasteiger partial charge in [0.15, 0.2) is 5.82 Å². The minimum atomic E-state index is 0.557. The van der Waals surface area contributed by atoms with Gasteiger partial charge in [0.05, 0.1) is 11.7 Å². The zero-order chi connectivity index (χ0) is 20.1. The van der Waals surface area contributed by atoms with Gasteiger partial charge >= 0.3 is 0 Å². The quantitative estimate of drug-likeness (QED) is 0.524. The number of aromatic amines is 1. The molecule has 5 heterocycles. The van der Waals surface area contributed by atoms with Crippen molar-refractivity contribution >= 4 is 39.4 Å². The van der Waals surface area contributed by atoms with Gasteiger partial charge in [-0.15, -0.1) is 0 Å². The van der Waals surface area contributed by atoms with Crippen molar-refractivity contribution in [2.45, 2.75) is 25.2 Å². The summed E-state index contributed by atoms with van der Waals surface area (Å²) >= 11 is 6.21. The molecule has 4 aromatic heterocycles. The number of rotatable bonds is 3. The zero-order valence-electron chi connectivity index (χ0n) is 16.5. The summed E-state index contributed by atoms with van der Waals surface area (Å²) in [5.41, 5.74) is 3.87. The molecule has 6 rings (SSSR count). The van der Waals surface area contributed by atoms with Crippen molar-refractivity contribution in [3.05, 3.63) is 41.4 Å². The number of aromatic nitrogens is 5. The number of nitrogens with one attached hydrogen (secondary N) is 2. The molecule has 152 valence electrons. The van der Waals surface area contributed by atoms with E-state index >= 15 is 0 Å². The Morgan fingerprint density at radius 2 is 1.97 bits per heavy atom. The molecule has 1 saturated carbocycles. The molecule has 0 amide bonds. The van der Waals surface area contributed by atoms with Crippen LogP contribution in [0.15, 0.2) is 30.7 Å². The topological polar surface area (TPSA) is 82.6 Å². The predicted molar refractivity (Wildman–Crippen MR) is 119 cm³/mol.